The first-order valence-electron chi connectivity index (χ1n) is 6.18. The number of nitrogens with one attached hydrogen (secondary N) is 1. The lowest BCUT2D eigenvalue weighted by Gasteiger charge is -2.04. The topological polar surface area (TPSA) is 12.0 Å². The molecule has 0 aliphatic heterocycles. The molecule has 0 unspecified atom stereocenters. The zero-order valence-electron chi connectivity index (χ0n) is 10.4. The van der Waals surface area contributed by atoms with Crippen molar-refractivity contribution in [2.24, 2.45) is 5.92 Å². The van der Waals surface area contributed by atoms with E-state index in [2.05, 4.69) is 61.6 Å². The Labute approximate surface area is 99.6 Å². The van der Waals surface area contributed by atoms with E-state index < -0.39 is 0 Å². The summed E-state index contributed by atoms with van der Waals surface area (Å²) in [6, 6.07) is 10.6. The molecule has 1 aromatic rings. The van der Waals surface area contributed by atoms with Crippen LogP contribution in [0.3, 0.4) is 0 Å². The van der Waals surface area contributed by atoms with Crippen LogP contribution in [-0.4, -0.2) is 13.1 Å². The Morgan fingerprint density at radius 2 is 1.88 bits per heavy atom. The molecule has 1 heteroatoms. The molecule has 0 heterocycles. The predicted octanol–water partition coefficient (Wildman–Crippen LogP) is 3.42. The smallest absolute Gasteiger partial charge is 0.00142 e. The molecule has 0 saturated carbocycles. The summed E-state index contributed by atoms with van der Waals surface area (Å²) in [5.74, 6) is 0.744. The van der Waals surface area contributed by atoms with Gasteiger partial charge in [0.25, 0.3) is 0 Å². The largest absolute Gasteiger partial charge is 0.316 e. The standard InChI is InChI=1S/C15H23N/c1-14(2)13-16-12-8-4-7-11-15-9-5-3-6-10-15/h3-7,9-10,14,16H,8,11-13H2,1-2H3. The maximum atomic E-state index is 3.43. The van der Waals surface area contributed by atoms with Gasteiger partial charge in [0, 0.05) is 0 Å². The van der Waals surface area contributed by atoms with Gasteiger partial charge >= 0.3 is 0 Å². The lowest BCUT2D eigenvalue weighted by Crippen LogP contribution is -2.20. The number of allylic oxidation sites excluding steroid dienone is 1. The van der Waals surface area contributed by atoms with Crippen LogP contribution in [0.15, 0.2) is 42.5 Å². The van der Waals surface area contributed by atoms with Gasteiger partial charge in [0.2, 0.25) is 0 Å². The second kappa shape index (κ2) is 8.12. The molecule has 0 radical (unpaired) electrons. The summed E-state index contributed by atoms with van der Waals surface area (Å²) in [7, 11) is 0. The van der Waals surface area contributed by atoms with Gasteiger partial charge in [-0.1, -0.05) is 56.3 Å². The van der Waals surface area contributed by atoms with E-state index >= 15 is 0 Å². The minimum atomic E-state index is 0.744. The molecule has 0 atom stereocenters. The van der Waals surface area contributed by atoms with Gasteiger partial charge in [0.15, 0.2) is 0 Å². The maximum absolute atomic E-state index is 3.43. The number of hydrogen-bond acceptors (Lipinski definition) is 1. The van der Waals surface area contributed by atoms with Crippen molar-refractivity contribution in [2.45, 2.75) is 26.7 Å². The fourth-order valence-corrected chi connectivity index (χ4v) is 1.53. The van der Waals surface area contributed by atoms with Crippen LogP contribution in [0.4, 0.5) is 0 Å². The highest BCUT2D eigenvalue weighted by Gasteiger charge is 1.90. The van der Waals surface area contributed by atoms with Gasteiger partial charge < -0.3 is 5.32 Å². The van der Waals surface area contributed by atoms with Crippen LogP contribution in [0.5, 0.6) is 0 Å². The molecule has 0 spiro atoms. The SMILES string of the molecule is CC(C)CNCCC=CCc1ccccc1. The number of rotatable bonds is 7. The molecule has 1 N–H and O–H groups in total. The minimum Gasteiger partial charge on any atom is -0.316 e. The second-order valence-electron chi connectivity index (χ2n) is 4.55. The highest BCUT2D eigenvalue weighted by atomic mass is 14.8. The van der Waals surface area contributed by atoms with Crippen LogP contribution < -0.4 is 5.32 Å². The molecular formula is C15H23N. The fraction of sp³-hybridized carbons (Fsp3) is 0.467. The molecule has 0 aromatic heterocycles. The van der Waals surface area contributed by atoms with Gasteiger partial charge in [0.05, 0.1) is 0 Å². The van der Waals surface area contributed by atoms with E-state index in [4.69, 9.17) is 0 Å². The van der Waals surface area contributed by atoms with Crippen molar-refractivity contribution >= 4 is 0 Å². The molecule has 0 aliphatic rings. The van der Waals surface area contributed by atoms with E-state index in [1.165, 1.54) is 5.56 Å². The molecular weight excluding hydrogens is 194 g/mol. The molecule has 1 aromatic carbocycles. The van der Waals surface area contributed by atoms with Crippen LogP contribution in [0.25, 0.3) is 0 Å². The van der Waals surface area contributed by atoms with Gasteiger partial charge in [-0.15, -0.1) is 0 Å². The Balaban J connectivity index is 2.05. The zero-order chi connectivity index (χ0) is 11.6. The molecule has 88 valence electrons. The fourth-order valence-electron chi connectivity index (χ4n) is 1.53. The van der Waals surface area contributed by atoms with E-state index in [-0.39, 0.29) is 0 Å². The number of hydrogen-bond donors (Lipinski definition) is 1. The van der Waals surface area contributed by atoms with E-state index in [1.807, 2.05) is 0 Å². The monoisotopic (exact) mass is 217 g/mol. The van der Waals surface area contributed by atoms with E-state index in [0.29, 0.717) is 0 Å². The Bertz CT molecular complexity index is 288. The van der Waals surface area contributed by atoms with Crippen LogP contribution in [0.1, 0.15) is 25.8 Å². The Hall–Kier alpha value is -1.08. The summed E-state index contributed by atoms with van der Waals surface area (Å²) in [6.45, 7) is 6.67. The van der Waals surface area contributed by atoms with Crippen molar-refractivity contribution in [3.05, 3.63) is 48.0 Å². The summed E-state index contributed by atoms with van der Waals surface area (Å²) >= 11 is 0. The highest BCUT2D eigenvalue weighted by molar-refractivity contribution is 5.17. The van der Waals surface area contributed by atoms with Gasteiger partial charge in [-0.25, -0.2) is 0 Å². The predicted molar refractivity (Wildman–Crippen MR) is 71.6 cm³/mol. The van der Waals surface area contributed by atoms with Crippen molar-refractivity contribution in [2.75, 3.05) is 13.1 Å². The number of benzene rings is 1. The highest BCUT2D eigenvalue weighted by Crippen LogP contribution is 2.00. The second-order valence-corrected chi connectivity index (χ2v) is 4.55. The minimum absolute atomic E-state index is 0.744. The van der Waals surface area contributed by atoms with Gasteiger partial charge in [0.1, 0.15) is 0 Å². The van der Waals surface area contributed by atoms with Crippen LogP contribution >= 0.6 is 0 Å². The van der Waals surface area contributed by atoms with Crippen LogP contribution in [0.2, 0.25) is 0 Å². The quantitative estimate of drug-likeness (QED) is 0.545. The van der Waals surface area contributed by atoms with E-state index in [0.717, 1.165) is 31.8 Å². The van der Waals surface area contributed by atoms with Crippen LogP contribution in [-0.2, 0) is 6.42 Å². The lowest BCUT2D eigenvalue weighted by molar-refractivity contribution is 0.556. The summed E-state index contributed by atoms with van der Waals surface area (Å²) in [5, 5.41) is 3.43. The Kier molecular flexibility index (Phi) is 6.59. The summed E-state index contributed by atoms with van der Waals surface area (Å²) in [6.07, 6.45) is 6.69. The maximum Gasteiger partial charge on any atom is -0.00142 e. The van der Waals surface area contributed by atoms with Gasteiger partial charge in [-0.05, 0) is 37.4 Å². The van der Waals surface area contributed by atoms with Crippen molar-refractivity contribution in [1.82, 2.24) is 5.32 Å². The normalized spacial score (nSPS) is 11.4. The first kappa shape index (κ1) is 13.0. The van der Waals surface area contributed by atoms with Crippen molar-refractivity contribution < 1.29 is 0 Å². The summed E-state index contributed by atoms with van der Waals surface area (Å²) in [4.78, 5) is 0. The van der Waals surface area contributed by atoms with Gasteiger partial charge in [-0.2, -0.15) is 0 Å². The third kappa shape index (κ3) is 6.41. The first-order chi connectivity index (χ1) is 7.79. The van der Waals surface area contributed by atoms with Crippen molar-refractivity contribution in [3.63, 3.8) is 0 Å². The molecule has 1 rings (SSSR count). The zero-order valence-corrected chi connectivity index (χ0v) is 10.4. The summed E-state index contributed by atoms with van der Waals surface area (Å²) < 4.78 is 0. The van der Waals surface area contributed by atoms with E-state index in [9.17, 15) is 0 Å². The Morgan fingerprint density at radius 1 is 1.12 bits per heavy atom. The molecule has 0 aliphatic carbocycles. The molecule has 0 amide bonds. The van der Waals surface area contributed by atoms with Crippen molar-refractivity contribution in [1.29, 1.82) is 0 Å². The lowest BCUT2D eigenvalue weighted by atomic mass is 10.1. The average Bonchev–Trinajstić information content (AvgIpc) is 2.29. The first-order valence-corrected chi connectivity index (χ1v) is 6.18. The van der Waals surface area contributed by atoms with Gasteiger partial charge in [-0.3, -0.25) is 0 Å². The van der Waals surface area contributed by atoms with Crippen LogP contribution in [0, 0.1) is 5.92 Å². The Morgan fingerprint density at radius 3 is 2.56 bits per heavy atom. The summed E-state index contributed by atoms with van der Waals surface area (Å²) in [5.41, 5.74) is 1.38. The molecule has 0 bridgehead atoms. The average molecular weight is 217 g/mol. The molecule has 16 heavy (non-hydrogen) atoms. The third-order valence-corrected chi connectivity index (χ3v) is 2.40. The van der Waals surface area contributed by atoms with E-state index in [1.54, 1.807) is 0 Å². The molecule has 0 saturated heterocycles. The third-order valence-electron chi connectivity index (χ3n) is 2.40. The molecule has 1 nitrogen and oxygen atoms in total. The molecule has 0 fully saturated rings. The van der Waals surface area contributed by atoms with Crippen molar-refractivity contribution in [3.8, 4) is 0 Å².